The van der Waals surface area contributed by atoms with E-state index in [0.717, 1.165) is 50.1 Å². The highest BCUT2D eigenvalue weighted by Gasteiger charge is 2.41. The average Bonchev–Trinajstić information content (AvgIpc) is 3.39. The normalized spacial score (nSPS) is 21.8. The summed E-state index contributed by atoms with van der Waals surface area (Å²) >= 11 is 0. The Hall–Kier alpha value is -2.49. The Labute approximate surface area is 174 Å². The predicted molar refractivity (Wildman–Crippen MR) is 117 cm³/mol. The van der Waals surface area contributed by atoms with Crippen molar-refractivity contribution in [2.45, 2.75) is 64.0 Å². The van der Waals surface area contributed by atoms with E-state index in [1.807, 2.05) is 6.92 Å². The lowest BCUT2D eigenvalue weighted by Gasteiger charge is -2.12. The number of para-hydroxylation sites is 1. The van der Waals surface area contributed by atoms with Crippen LogP contribution in [0.3, 0.4) is 0 Å². The number of rotatable bonds is 10. The maximum atomic E-state index is 11.7. The van der Waals surface area contributed by atoms with Gasteiger partial charge in [0.05, 0.1) is 5.69 Å². The fourth-order valence-electron chi connectivity index (χ4n) is 4.29. The smallest absolute Gasteiger partial charge is 0.219 e. The number of ether oxygens (including phenoxy) is 1. The minimum absolute atomic E-state index is 0.0726. The van der Waals surface area contributed by atoms with Crippen LogP contribution in [0.5, 0.6) is 5.75 Å². The van der Waals surface area contributed by atoms with Gasteiger partial charge in [-0.3, -0.25) is 4.79 Å². The SMILES string of the molecule is CCCC(=O)NC[C@@H]1C[C@H]1c1cccc2c1OC(CCCCc1ccccc1)N2. The van der Waals surface area contributed by atoms with Crippen molar-refractivity contribution in [2.24, 2.45) is 5.92 Å². The molecule has 2 aromatic carbocycles. The number of hydrogen-bond donors (Lipinski definition) is 2. The highest BCUT2D eigenvalue weighted by atomic mass is 16.5. The molecule has 1 amide bonds. The van der Waals surface area contributed by atoms with Crippen molar-refractivity contribution in [1.82, 2.24) is 5.32 Å². The minimum Gasteiger partial charge on any atom is -0.468 e. The van der Waals surface area contributed by atoms with Gasteiger partial charge in [-0.1, -0.05) is 49.4 Å². The van der Waals surface area contributed by atoms with E-state index in [1.54, 1.807) is 0 Å². The molecule has 2 aromatic rings. The molecule has 154 valence electrons. The summed E-state index contributed by atoms with van der Waals surface area (Å²) in [7, 11) is 0. The summed E-state index contributed by atoms with van der Waals surface area (Å²) in [6.45, 7) is 2.82. The van der Waals surface area contributed by atoms with Gasteiger partial charge < -0.3 is 15.4 Å². The van der Waals surface area contributed by atoms with Crippen molar-refractivity contribution in [2.75, 3.05) is 11.9 Å². The Kier molecular flexibility index (Phi) is 6.38. The molecule has 0 aromatic heterocycles. The molecule has 1 aliphatic heterocycles. The zero-order chi connectivity index (χ0) is 20.1. The number of anilines is 1. The molecule has 0 radical (unpaired) electrons. The van der Waals surface area contributed by atoms with Crippen molar-refractivity contribution >= 4 is 11.6 Å². The molecule has 1 fully saturated rings. The summed E-state index contributed by atoms with van der Waals surface area (Å²) in [5, 5.41) is 6.62. The first-order valence-electron chi connectivity index (χ1n) is 11.1. The van der Waals surface area contributed by atoms with Crippen LogP contribution in [0.15, 0.2) is 48.5 Å². The molecule has 0 saturated heterocycles. The van der Waals surface area contributed by atoms with Gasteiger partial charge in [0.25, 0.3) is 0 Å². The van der Waals surface area contributed by atoms with Crippen LogP contribution in [0.4, 0.5) is 5.69 Å². The maximum Gasteiger partial charge on any atom is 0.219 e. The summed E-state index contributed by atoms with van der Waals surface area (Å²) in [6, 6.07) is 17.1. The van der Waals surface area contributed by atoms with Gasteiger partial charge in [0.2, 0.25) is 5.91 Å². The fraction of sp³-hybridized carbons (Fsp3) is 0.480. The predicted octanol–water partition coefficient (Wildman–Crippen LogP) is 5.25. The number of carbonyl (C=O) groups is 1. The van der Waals surface area contributed by atoms with Crippen LogP contribution < -0.4 is 15.4 Å². The Morgan fingerprint density at radius 1 is 1.14 bits per heavy atom. The van der Waals surface area contributed by atoms with Gasteiger partial charge in [-0.05, 0) is 61.1 Å². The standard InChI is InChI=1S/C25H32N2O2/c1-2-9-23(28)26-17-19-16-21(19)20-13-8-14-22-25(20)29-24(27-22)15-7-6-12-18-10-4-3-5-11-18/h3-5,8,10-11,13-14,19,21,24,27H,2,6-7,9,12,15-17H2,1H3,(H,26,28)/t19-,21+,24?/m0/s1. The highest BCUT2D eigenvalue weighted by Crippen LogP contribution is 2.53. The topological polar surface area (TPSA) is 50.4 Å². The van der Waals surface area contributed by atoms with Crippen molar-refractivity contribution in [1.29, 1.82) is 0 Å². The number of aryl methyl sites for hydroxylation is 1. The first kappa shape index (κ1) is 19.8. The maximum absolute atomic E-state index is 11.7. The number of benzene rings is 2. The van der Waals surface area contributed by atoms with E-state index in [-0.39, 0.29) is 12.1 Å². The van der Waals surface area contributed by atoms with Gasteiger partial charge in [0.15, 0.2) is 6.23 Å². The summed E-state index contributed by atoms with van der Waals surface area (Å²) in [5.41, 5.74) is 3.83. The molecular formula is C25H32N2O2. The molecule has 0 bridgehead atoms. The number of nitrogens with one attached hydrogen (secondary N) is 2. The molecule has 3 atom stereocenters. The second-order valence-electron chi connectivity index (χ2n) is 8.36. The van der Waals surface area contributed by atoms with Gasteiger partial charge >= 0.3 is 0 Å². The van der Waals surface area contributed by atoms with Crippen molar-refractivity contribution in [3.05, 3.63) is 59.7 Å². The third kappa shape index (κ3) is 5.11. The van der Waals surface area contributed by atoms with E-state index in [2.05, 4.69) is 59.2 Å². The molecule has 1 aliphatic carbocycles. The fourth-order valence-corrected chi connectivity index (χ4v) is 4.29. The number of unbranched alkanes of at least 4 members (excludes halogenated alkanes) is 1. The van der Waals surface area contributed by atoms with Crippen LogP contribution >= 0.6 is 0 Å². The summed E-state index contributed by atoms with van der Waals surface area (Å²) in [4.78, 5) is 11.7. The first-order chi connectivity index (χ1) is 14.2. The second-order valence-corrected chi connectivity index (χ2v) is 8.36. The average molecular weight is 393 g/mol. The van der Waals surface area contributed by atoms with Gasteiger partial charge in [-0.15, -0.1) is 0 Å². The molecule has 4 rings (SSSR count). The lowest BCUT2D eigenvalue weighted by Crippen LogP contribution is -2.25. The van der Waals surface area contributed by atoms with E-state index in [9.17, 15) is 4.79 Å². The van der Waals surface area contributed by atoms with E-state index in [4.69, 9.17) is 4.74 Å². The number of hydrogen-bond acceptors (Lipinski definition) is 3. The summed E-state index contributed by atoms with van der Waals surface area (Å²) in [6.07, 6.45) is 7.19. The van der Waals surface area contributed by atoms with Crippen LogP contribution in [0, 0.1) is 5.92 Å². The van der Waals surface area contributed by atoms with E-state index < -0.39 is 0 Å². The van der Waals surface area contributed by atoms with Gasteiger partial charge in [-0.25, -0.2) is 0 Å². The summed E-state index contributed by atoms with van der Waals surface area (Å²) < 4.78 is 6.31. The molecule has 1 saturated carbocycles. The minimum atomic E-state index is 0.0726. The van der Waals surface area contributed by atoms with Gasteiger partial charge in [-0.2, -0.15) is 0 Å². The molecule has 4 heteroatoms. The van der Waals surface area contributed by atoms with E-state index in [1.165, 1.54) is 17.5 Å². The summed E-state index contributed by atoms with van der Waals surface area (Å²) in [5.74, 6) is 2.25. The molecule has 1 heterocycles. The van der Waals surface area contributed by atoms with Crippen LogP contribution in [0.2, 0.25) is 0 Å². The Morgan fingerprint density at radius 2 is 2.00 bits per heavy atom. The van der Waals surface area contributed by atoms with Crippen LogP contribution in [0.1, 0.15) is 62.5 Å². The molecule has 4 nitrogen and oxygen atoms in total. The largest absolute Gasteiger partial charge is 0.468 e. The lowest BCUT2D eigenvalue weighted by atomic mass is 10.1. The molecule has 29 heavy (non-hydrogen) atoms. The zero-order valence-corrected chi connectivity index (χ0v) is 17.3. The van der Waals surface area contributed by atoms with Crippen LogP contribution in [-0.2, 0) is 11.2 Å². The lowest BCUT2D eigenvalue weighted by molar-refractivity contribution is -0.121. The molecule has 2 aliphatic rings. The number of amides is 1. The van der Waals surface area contributed by atoms with Crippen LogP contribution in [0.25, 0.3) is 0 Å². The first-order valence-corrected chi connectivity index (χ1v) is 11.1. The van der Waals surface area contributed by atoms with E-state index in [0.29, 0.717) is 18.3 Å². The molecular weight excluding hydrogens is 360 g/mol. The van der Waals surface area contributed by atoms with Crippen molar-refractivity contribution < 1.29 is 9.53 Å². The number of fused-ring (bicyclic) bond motifs is 1. The Balaban J connectivity index is 1.24. The third-order valence-electron chi connectivity index (χ3n) is 6.01. The van der Waals surface area contributed by atoms with Gasteiger partial charge in [0.1, 0.15) is 5.75 Å². The monoisotopic (exact) mass is 392 g/mol. The molecule has 0 spiro atoms. The molecule has 1 unspecified atom stereocenters. The van der Waals surface area contributed by atoms with Gasteiger partial charge in [0, 0.05) is 19.4 Å². The Morgan fingerprint density at radius 3 is 2.83 bits per heavy atom. The second kappa shape index (κ2) is 9.34. The third-order valence-corrected chi connectivity index (χ3v) is 6.01. The van der Waals surface area contributed by atoms with Crippen molar-refractivity contribution in [3.63, 3.8) is 0 Å². The number of carbonyl (C=O) groups excluding carboxylic acids is 1. The highest BCUT2D eigenvalue weighted by molar-refractivity contribution is 5.75. The van der Waals surface area contributed by atoms with E-state index >= 15 is 0 Å². The quantitative estimate of drug-likeness (QED) is 0.543. The molecule has 2 N–H and O–H groups in total. The zero-order valence-electron chi connectivity index (χ0n) is 17.3. The van der Waals surface area contributed by atoms with Crippen LogP contribution in [-0.4, -0.2) is 18.7 Å². The Bertz CT molecular complexity index is 821. The van der Waals surface area contributed by atoms with Crippen molar-refractivity contribution in [3.8, 4) is 5.75 Å².